The van der Waals surface area contributed by atoms with Crippen LogP contribution in [0.2, 0.25) is 0 Å². The molecule has 0 bridgehead atoms. The molecule has 4 aromatic heterocycles. The molecule has 0 N–H and O–H groups in total. The number of hydrogen-bond acceptors (Lipinski definition) is 8. The Morgan fingerprint density at radius 3 is 1.58 bits per heavy atom. The minimum absolute atomic E-state index is 0.596. The zero-order chi connectivity index (χ0) is 33.0. The molecule has 0 unspecified atom stereocenters. The third-order valence-corrected chi connectivity index (χ3v) is 10.0. The maximum Gasteiger partial charge on any atom is 0.227 e. The molecular weight excluding hydrogens is 639 g/mol. The van der Waals surface area contributed by atoms with Gasteiger partial charge in [0.05, 0.1) is 0 Å². The summed E-state index contributed by atoms with van der Waals surface area (Å²) in [5.41, 5.74) is 10.4. The number of nitrogens with zero attached hydrogens (tertiary/aromatic N) is 5. The van der Waals surface area contributed by atoms with Gasteiger partial charge in [0.2, 0.25) is 11.8 Å². The molecule has 0 saturated carbocycles. The van der Waals surface area contributed by atoms with Crippen molar-refractivity contribution >= 4 is 70.9 Å². The fourth-order valence-corrected chi connectivity index (χ4v) is 7.50. The second-order valence-electron chi connectivity index (χ2n) is 12.0. The molecule has 0 aliphatic heterocycles. The van der Waals surface area contributed by atoms with Crippen molar-refractivity contribution < 1.29 is 8.83 Å². The largest absolute Gasteiger partial charge is 0.436 e. The van der Waals surface area contributed by atoms with Crippen LogP contribution in [0.25, 0.3) is 76.5 Å². The normalized spacial score (nSPS) is 11.6. The number of thiophene rings is 1. The highest BCUT2D eigenvalue weighted by Gasteiger charge is 2.16. The van der Waals surface area contributed by atoms with E-state index in [9.17, 15) is 0 Å². The van der Waals surface area contributed by atoms with Crippen LogP contribution < -0.4 is 4.90 Å². The van der Waals surface area contributed by atoms with E-state index < -0.39 is 0 Å². The van der Waals surface area contributed by atoms with Crippen LogP contribution in [0.3, 0.4) is 0 Å². The van der Waals surface area contributed by atoms with Crippen LogP contribution in [0, 0.1) is 0 Å². The van der Waals surface area contributed by atoms with E-state index in [1.54, 1.807) is 17.7 Å². The Kier molecular flexibility index (Phi) is 6.53. The first-order chi connectivity index (χ1) is 24.7. The fraction of sp³-hybridized carbons (Fsp3) is 0. The second-order valence-corrected chi connectivity index (χ2v) is 13.0. The third-order valence-electron chi connectivity index (χ3n) is 8.95. The highest BCUT2D eigenvalue weighted by molar-refractivity contribution is 7.25. The minimum Gasteiger partial charge on any atom is -0.436 e. The average molecular weight is 664 g/mol. The number of anilines is 3. The standard InChI is InChI=1S/C42H25N5O2S/c1-3-7-37-35(5-1)45-40(48-37)27-11-18-31(19-12-27)47(32-20-13-28(14-21-32)41-46-36-6-2-4-8-38(36)49-41)30-16-9-26(10-17-30)29-15-22-33-34-24-43-25-44-42(34)50-39(33)23-29/h1-25H. The van der Waals surface area contributed by atoms with Gasteiger partial charge in [0, 0.05) is 49.9 Å². The summed E-state index contributed by atoms with van der Waals surface area (Å²) >= 11 is 1.69. The van der Waals surface area contributed by atoms with Gasteiger partial charge in [0.15, 0.2) is 11.2 Å². The number of oxazole rings is 2. The van der Waals surface area contributed by atoms with E-state index in [1.807, 2.05) is 54.7 Å². The predicted molar refractivity (Wildman–Crippen MR) is 201 cm³/mol. The van der Waals surface area contributed by atoms with E-state index in [0.717, 1.165) is 71.7 Å². The summed E-state index contributed by atoms with van der Waals surface area (Å²) in [6.45, 7) is 0. The summed E-state index contributed by atoms with van der Waals surface area (Å²) in [5.74, 6) is 1.19. The molecular formula is C42H25N5O2S. The maximum absolute atomic E-state index is 6.05. The Labute approximate surface area is 289 Å². The van der Waals surface area contributed by atoms with Crippen molar-refractivity contribution in [2.45, 2.75) is 0 Å². The Balaban J connectivity index is 1.02. The lowest BCUT2D eigenvalue weighted by Crippen LogP contribution is -2.09. The first-order valence-electron chi connectivity index (χ1n) is 16.2. The molecule has 0 spiro atoms. The van der Waals surface area contributed by atoms with Gasteiger partial charge in [-0.15, -0.1) is 11.3 Å². The monoisotopic (exact) mass is 663 g/mol. The predicted octanol–water partition coefficient (Wildman–Crippen LogP) is 11.6. The van der Waals surface area contributed by atoms with Crippen LogP contribution in [-0.2, 0) is 0 Å². The van der Waals surface area contributed by atoms with E-state index in [1.165, 1.54) is 10.1 Å². The number of benzene rings is 6. The van der Waals surface area contributed by atoms with Gasteiger partial charge in [-0.25, -0.2) is 19.9 Å². The summed E-state index contributed by atoms with van der Waals surface area (Å²) in [6, 6.07) is 47.5. The number of rotatable bonds is 6. The molecule has 7 nitrogen and oxygen atoms in total. The van der Waals surface area contributed by atoms with Crippen LogP contribution in [0.4, 0.5) is 17.1 Å². The van der Waals surface area contributed by atoms with Crippen molar-refractivity contribution in [2.24, 2.45) is 0 Å². The minimum atomic E-state index is 0.596. The summed E-state index contributed by atoms with van der Waals surface area (Å²) in [4.78, 5) is 21.3. The van der Waals surface area contributed by atoms with E-state index in [0.29, 0.717) is 11.8 Å². The van der Waals surface area contributed by atoms with E-state index in [4.69, 9.17) is 18.8 Å². The quantitative estimate of drug-likeness (QED) is 0.175. The first kappa shape index (κ1) is 28.4. The lowest BCUT2D eigenvalue weighted by atomic mass is 10.0. The molecule has 4 heterocycles. The van der Waals surface area contributed by atoms with Crippen molar-refractivity contribution in [1.82, 2.24) is 19.9 Å². The molecule has 10 aromatic rings. The number of aromatic nitrogens is 4. The Hall–Kier alpha value is -6.64. The zero-order valence-corrected chi connectivity index (χ0v) is 27.2. The SMILES string of the molecule is c1ccc2oc(-c3ccc(N(c4ccc(-c5ccc6c(c5)sc5ncncc56)cc4)c4ccc(-c5nc6ccccc6o5)cc4)cc3)nc2c1. The molecule has 0 saturated heterocycles. The molecule has 8 heteroatoms. The highest BCUT2D eigenvalue weighted by atomic mass is 32.1. The van der Waals surface area contributed by atoms with Crippen molar-refractivity contribution in [2.75, 3.05) is 4.90 Å². The third kappa shape index (κ3) is 4.89. The zero-order valence-electron chi connectivity index (χ0n) is 26.4. The van der Waals surface area contributed by atoms with Gasteiger partial charge in [-0.05, 0) is 102 Å². The average Bonchev–Trinajstić information content (AvgIpc) is 3.91. The Morgan fingerprint density at radius 2 is 1.02 bits per heavy atom. The van der Waals surface area contributed by atoms with Gasteiger partial charge >= 0.3 is 0 Å². The summed E-state index contributed by atoms with van der Waals surface area (Å²) < 4.78 is 13.3. The molecule has 0 aliphatic rings. The van der Waals surface area contributed by atoms with Crippen molar-refractivity contribution in [3.8, 4) is 34.0 Å². The van der Waals surface area contributed by atoms with Gasteiger partial charge in [0.1, 0.15) is 22.2 Å². The van der Waals surface area contributed by atoms with Crippen LogP contribution in [0.1, 0.15) is 0 Å². The molecule has 0 fully saturated rings. The molecule has 6 aromatic carbocycles. The van der Waals surface area contributed by atoms with E-state index in [-0.39, 0.29) is 0 Å². The van der Waals surface area contributed by atoms with E-state index >= 15 is 0 Å². The highest BCUT2D eigenvalue weighted by Crippen LogP contribution is 2.39. The number of hydrogen-bond donors (Lipinski definition) is 0. The number of para-hydroxylation sites is 4. The van der Waals surface area contributed by atoms with Crippen LogP contribution in [0.15, 0.2) is 161 Å². The van der Waals surface area contributed by atoms with Crippen molar-refractivity contribution in [3.63, 3.8) is 0 Å². The lowest BCUT2D eigenvalue weighted by Gasteiger charge is -2.26. The van der Waals surface area contributed by atoms with Gasteiger partial charge in [-0.1, -0.05) is 48.5 Å². The van der Waals surface area contributed by atoms with Gasteiger partial charge < -0.3 is 13.7 Å². The van der Waals surface area contributed by atoms with Crippen LogP contribution >= 0.6 is 11.3 Å². The Bertz CT molecular complexity index is 2640. The van der Waals surface area contributed by atoms with Crippen molar-refractivity contribution in [1.29, 1.82) is 0 Å². The van der Waals surface area contributed by atoms with E-state index in [2.05, 4.69) is 106 Å². The molecule has 0 radical (unpaired) electrons. The molecule has 0 amide bonds. The Morgan fingerprint density at radius 1 is 0.500 bits per heavy atom. The molecule has 236 valence electrons. The second kappa shape index (κ2) is 11.5. The lowest BCUT2D eigenvalue weighted by molar-refractivity contribution is 0.619. The molecule has 50 heavy (non-hydrogen) atoms. The molecule has 0 aliphatic carbocycles. The van der Waals surface area contributed by atoms with Gasteiger partial charge in [-0.2, -0.15) is 0 Å². The topological polar surface area (TPSA) is 81.1 Å². The molecule has 10 rings (SSSR count). The first-order valence-corrected chi connectivity index (χ1v) is 17.0. The van der Waals surface area contributed by atoms with Crippen LogP contribution in [0.5, 0.6) is 0 Å². The maximum atomic E-state index is 6.05. The van der Waals surface area contributed by atoms with Crippen molar-refractivity contribution in [3.05, 3.63) is 152 Å². The molecule has 0 atom stereocenters. The summed E-state index contributed by atoms with van der Waals surface area (Å²) in [5, 5.41) is 2.27. The number of fused-ring (bicyclic) bond motifs is 5. The summed E-state index contributed by atoms with van der Waals surface area (Å²) in [7, 11) is 0. The van der Waals surface area contributed by atoms with Crippen LogP contribution in [-0.4, -0.2) is 19.9 Å². The van der Waals surface area contributed by atoms with Gasteiger partial charge in [0.25, 0.3) is 0 Å². The fourth-order valence-electron chi connectivity index (χ4n) is 6.45. The van der Waals surface area contributed by atoms with Gasteiger partial charge in [-0.3, -0.25) is 0 Å². The summed E-state index contributed by atoms with van der Waals surface area (Å²) in [6.07, 6.45) is 3.50. The smallest absolute Gasteiger partial charge is 0.227 e.